The highest BCUT2D eigenvalue weighted by Crippen LogP contribution is 2.40. The number of nitrogens with zero attached hydrogens (tertiary/aromatic N) is 4. The summed E-state index contributed by atoms with van der Waals surface area (Å²) in [5, 5.41) is 14.4. The Hall–Kier alpha value is -5.74. The van der Waals surface area contributed by atoms with Crippen molar-refractivity contribution in [2.24, 2.45) is 0 Å². The van der Waals surface area contributed by atoms with Crippen LogP contribution in [-0.2, 0) is 0 Å². The number of fused-ring (bicyclic) bond motifs is 5. The van der Waals surface area contributed by atoms with E-state index in [1.165, 1.54) is 16.5 Å². The first-order valence-electron chi connectivity index (χ1n) is 14.1. The van der Waals surface area contributed by atoms with Crippen LogP contribution in [-0.4, -0.2) is 15.0 Å². The summed E-state index contributed by atoms with van der Waals surface area (Å²) in [5.74, 6) is 0. The molecule has 42 heavy (non-hydrogen) atoms. The summed E-state index contributed by atoms with van der Waals surface area (Å²) in [4.78, 5) is 4.06. The number of aromatic nitrogens is 3. The molecule has 4 nitrogen and oxygen atoms in total. The Kier molecular flexibility index (Phi) is 5.75. The van der Waals surface area contributed by atoms with Crippen molar-refractivity contribution in [1.82, 2.24) is 15.0 Å². The van der Waals surface area contributed by atoms with E-state index in [2.05, 4.69) is 132 Å². The van der Waals surface area contributed by atoms with Crippen LogP contribution in [0.2, 0.25) is 0 Å². The van der Waals surface area contributed by atoms with Crippen molar-refractivity contribution in [1.29, 1.82) is 0 Å². The van der Waals surface area contributed by atoms with Crippen molar-refractivity contribution < 1.29 is 0 Å². The fourth-order valence-corrected chi connectivity index (χ4v) is 5.80. The maximum atomic E-state index is 4.99. The highest BCUT2D eigenvalue weighted by molar-refractivity contribution is 6.19. The molecule has 0 fully saturated rings. The van der Waals surface area contributed by atoms with Gasteiger partial charge in [-0.25, -0.2) is 0 Å². The van der Waals surface area contributed by atoms with Gasteiger partial charge in [0, 0.05) is 22.4 Å². The highest BCUT2D eigenvalue weighted by Gasteiger charge is 2.16. The molecule has 7 aromatic carbocycles. The van der Waals surface area contributed by atoms with Crippen molar-refractivity contribution >= 4 is 49.6 Å². The average Bonchev–Trinajstić information content (AvgIpc) is 3.51. The molecule has 0 atom stereocenters. The molecule has 0 aliphatic heterocycles. The molecule has 8 rings (SSSR count). The van der Waals surface area contributed by atoms with Crippen molar-refractivity contribution in [3.05, 3.63) is 158 Å². The standard InChI is InChI=1S/C38H26N4/c1-4-11-27(12-5-1)30-13-10-18-33(25-30)41(31-14-6-2-7-15-31)34-23-21-28-19-20-29-22-24-36-38(37(29)35(28)26-34)40-42(39-36)32-16-8-3-9-17-32/h1-26H. The topological polar surface area (TPSA) is 34.0 Å². The second-order valence-corrected chi connectivity index (χ2v) is 10.4. The van der Waals surface area contributed by atoms with Gasteiger partial charge in [-0.15, -0.1) is 10.2 Å². The summed E-state index contributed by atoms with van der Waals surface area (Å²) in [6.45, 7) is 0. The van der Waals surface area contributed by atoms with Gasteiger partial charge < -0.3 is 4.90 Å². The molecule has 4 heteroatoms. The van der Waals surface area contributed by atoms with E-state index in [-0.39, 0.29) is 0 Å². The summed E-state index contributed by atoms with van der Waals surface area (Å²) in [5.41, 5.74) is 8.37. The fraction of sp³-hybridized carbons (Fsp3) is 0. The van der Waals surface area contributed by atoms with Gasteiger partial charge in [0.1, 0.15) is 11.0 Å². The van der Waals surface area contributed by atoms with E-state index in [0.29, 0.717) is 0 Å². The second-order valence-electron chi connectivity index (χ2n) is 10.4. The van der Waals surface area contributed by atoms with Crippen LogP contribution in [0.25, 0.3) is 49.4 Å². The van der Waals surface area contributed by atoms with E-state index in [0.717, 1.165) is 49.9 Å². The highest BCUT2D eigenvalue weighted by atomic mass is 15.5. The quantitative estimate of drug-likeness (QED) is 0.205. The zero-order chi connectivity index (χ0) is 27.9. The molecule has 0 bridgehead atoms. The van der Waals surface area contributed by atoms with Crippen LogP contribution in [0.1, 0.15) is 0 Å². The largest absolute Gasteiger partial charge is 0.310 e. The van der Waals surface area contributed by atoms with Crippen LogP contribution in [0, 0.1) is 0 Å². The van der Waals surface area contributed by atoms with Crippen LogP contribution < -0.4 is 4.90 Å². The molecular formula is C38H26N4. The smallest absolute Gasteiger partial charge is 0.122 e. The SMILES string of the molecule is c1ccc(-c2cccc(N(c3ccccc3)c3ccc4ccc5ccc6nn(-c7ccccc7)nc6c5c4c3)c2)cc1. The lowest BCUT2D eigenvalue weighted by Gasteiger charge is -2.26. The minimum atomic E-state index is 0.875. The van der Waals surface area contributed by atoms with E-state index in [1.807, 2.05) is 30.3 Å². The third-order valence-electron chi connectivity index (χ3n) is 7.81. The molecule has 0 saturated heterocycles. The predicted molar refractivity (Wildman–Crippen MR) is 174 cm³/mol. The molecule has 0 spiro atoms. The van der Waals surface area contributed by atoms with E-state index < -0.39 is 0 Å². The summed E-state index contributed by atoms with van der Waals surface area (Å²) in [6.07, 6.45) is 0. The molecule has 0 amide bonds. The van der Waals surface area contributed by atoms with Crippen molar-refractivity contribution in [2.75, 3.05) is 4.90 Å². The molecular weight excluding hydrogens is 512 g/mol. The van der Waals surface area contributed by atoms with E-state index in [4.69, 9.17) is 10.2 Å². The van der Waals surface area contributed by atoms with Crippen molar-refractivity contribution in [2.45, 2.75) is 0 Å². The fourth-order valence-electron chi connectivity index (χ4n) is 5.80. The summed E-state index contributed by atoms with van der Waals surface area (Å²) >= 11 is 0. The predicted octanol–water partition coefficient (Wildman–Crippen LogP) is 9.86. The molecule has 0 aliphatic carbocycles. The summed E-state index contributed by atoms with van der Waals surface area (Å²) in [6, 6.07) is 55.2. The Labute approximate surface area is 243 Å². The Bertz CT molecular complexity index is 2190. The maximum absolute atomic E-state index is 4.99. The van der Waals surface area contributed by atoms with Crippen molar-refractivity contribution in [3.63, 3.8) is 0 Å². The second kappa shape index (κ2) is 10.0. The van der Waals surface area contributed by atoms with E-state index >= 15 is 0 Å². The Morgan fingerprint density at radius 3 is 1.88 bits per heavy atom. The normalized spacial score (nSPS) is 11.3. The molecule has 8 aromatic rings. The minimum Gasteiger partial charge on any atom is -0.310 e. The van der Waals surface area contributed by atoms with Gasteiger partial charge in [0.25, 0.3) is 0 Å². The number of hydrogen-bond donors (Lipinski definition) is 0. The third-order valence-corrected chi connectivity index (χ3v) is 7.81. The van der Waals surface area contributed by atoms with Crippen LogP contribution in [0.5, 0.6) is 0 Å². The van der Waals surface area contributed by atoms with Gasteiger partial charge in [-0.1, -0.05) is 103 Å². The van der Waals surface area contributed by atoms with Gasteiger partial charge in [-0.2, -0.15) is 4.80 Å². The van der Waals surface area contributed by atoms with Crippen LogP contribution in [0.4, 0.5) is 17.1 Å². The first-order chi connectivity index (χ1) is 20.8. The first-order valence-corrected chi connectivity index (χ1v) is 14.1. The van der Waals surface area contributed by atoms with Crippen LogP contribution in [0.3, 0.4) is 0 Å². The zero-order valence-electron chi connectivity index (χ0n) is 22.8. The van der Waals surface area contributed by atoms with E-state index in [1.54, 1.807) is 4.80 Å². The minimum absolute atomic E-state index is 0.875. The Balaban J connectivity index is 1.35. The Morgan fingerprint density at radius 1 is 0.452 bits per heavy atom. The molecule has 198 valence electrons. The lowest BCUT2D eigenvalue weighted by molar-refractivity contribution is 0.766. The molecule has 0 aliphatic rings. The van der Waals surface area contributed by atoms with E-state index in [9.17, 15) is 0 Å². The lowest BCUT2D eigenvalue weighted by Crippen LogP contribution is -2.09. The number of rotatable bonds is 5. The average molecular weight is 539 g/mol. The number of para-hydroxylation sites is 2. The van der Waals surface area contributed by atoms with Crippen LogP contribution in [0.15, 0.2) is 158 Å². The van der Waals surface area contributed by atoms with Gasteiger partial charge in [0.2, 0.25) is 0 Å². The monoisotopic (exact) mass is 538 g/mol. The molecule has 0 saturated carbocycles. The third kappa shape index (κ3) is 4.18. The molecule has 1 aromatic heterocycles. The van der Waals surface area contributed by atoms with Gasteiger partial charge in [-0.05, 0) is 81.9 Å². The van der Waals surface area contributed by atoms with Gasteiger partial charge >= 0.3 is 0 Å². The molecule has 0 N–H and O–H groups in total. The maximum Gasteiger partial charge on any atom is 0.122 e. The summed E-state index contributed by atoms with van der Waals surface area (Å²) < 4.78 is 0. The van der Waals surface area contributed by atoms with Gasteiger partial charge in [-0.3, -0.25) is 0 Å². The number of benzene rings is 7. The van der Waals surface area contributed by atoms with Crippen LogP contribution >= 0.6 is 0 Å². The number of hydrogen-bond acceptors (Lipinski definition) is 3. The van der Waals surface area contributed by atoms with Crippen molar-refractivity contribution in [3.8, 4) is 16.8 Å². The molecule has 0 unspecified atom stereocenters. The lowest BCUT2D eigenvalue weighted by atomic mass is 9.99. The zero-order valence-corrected chi connectivity index (χ0v) is 22.8. The molecule has 0 radical (unpaired) electrons. The summed E-state index contributed by atoms with van der Waals surface area (Å²) in [7, 11) is 0. The number of anilines is 3. The van der Waals surface area contributed by atoms with Gasteiger partial charge in [0.05, 0.1) is 5.69 Å². The Morgan fingerprint density at radius 2 is 1.07 bits per heavy atom. The first kappa shape index (κ1) is 24.1. The molecule has 1 heterocycles. The van der Waals surface area contributed by atoms with Gasteiger partial charge in [0.15, 0.2) is 0 Å².